The number of hydrogen-bond acceptors (Lipinski definition) is 6. The summed E-state index contributed by atoms with van der Waals surface area (Å²) in [7, 11) is 1.83. The maximum Gasteiger partial charge on any atom is 0.316 e. The number of carbonyl (C=O) groups is 1. The van der Waals surface area contributed by atoms with Gasteiger partial charge in [0.2, 0.25) is 0 Å². The van der Waals surface area contributed by atoms with Gasteiger partial charge in [-0.3, -0.25) is 4.79 Å². The van der Waals surface area contributed by atoms with Gasteiger partial charge in [-0.25, -0.2) is 9.97 Å². The van der Waals surface area contributed by atoms with Crippen molar-refractivity contribution in [1.29, 1.82) is 0 Å². The minimum absolute atomic E-state index is 0.221. The SMILES string of the molecule is CCOC(=O)CSc1ncnc(NC)c1C(C)C. The van der Waals surface area contributed by atoms with Crippen LogP contribution in [-0.4, -0.2) is 35.3 Å². The van der Waals surface area contributed by atoms with E-state index < -0.39 is 0 Å². The summed E-state index contributed by atoms with van der Waals surface area (Å²) in [6.07, 6.45) is 1.51. The molecule has 0 aliphatic carbocycles. The molecule has 1 aromatic heterocycles. The molecule has 0 aliphatic heterocycles. The first-order valence-corrected chi connectivity index (χ1v) is 6.89. The van der Waals surface area contributed by atoms with Gasteiger partial charge in [0.05, 0.1) is 12.4 Å². The van der Waals surface area contributed by atoms with Crippen LogP contribution in [0.4, 0.5) is 5.82 Å². The van der Waals surface area contributed by atoms with Gasteiger partial charge in [-0.1, -0.05) is 25.6 Å². The van der Waals surface area contributed by atoms with Gasteiger partial charge in [0, 0.05) is 12.6 Å². The van der Waals surface area contributed by atoms with Crippen molar-refractivity contribution < 1.29 is 9.53 Å². The fourth-order valence-corrected chi connectivity index (χ4v) is 2.49. The normalized spacial score (nSPS) is 10.5. The molecule has 0 atom stereocenters. The molecule has 100 valence electrons. The Bertz CT molecular complexity index is 410. The second-order valence-electron chi connectivity index (χ2n) is 3.94. The Hall–Kier alpha value is -1.30. The number of aromatic nitrogens is 2. The fourth-order valence-electron chi connectivity index (χ4n) is 1.54. The van der Waals surface area contributed by atoms with E-state index in [0.29, 0.717) is 12.5 Å². The molecule has 1 heterocycles. The Kier molecular flexibility index (Phi) is 5.91. The first-order chi connectivity index (χ1) is 8.60. The second kappa shape index (κ2) is 7.20. The molecule has 0 spiro atoms. The van der Waals surface area contributed by atoms with Crippen molar-refractivity contribution in [1.82, 2.24) is 9.97 Å². The summed E-state index contributed by atoms with van der Waals surface area (Å²) in [5, 5.41) is 3.88. The van der Waals surface area contributed by atoms with Crippen molar-refractivity contribution in [2.45, 2.75) is 31.7 Å². The molecule has 0 saturated carbocycles. The van der Waals surface area contributed by atoms with E-state index in [-0.39, 0.29) is 11.7 Å². The number of nitrogens with zero attached hydrogens (tertiary/aromatic N) is 2. The molecule has 6 heteroatoms. The Morgan fingerprint density at radius 3 is 2.78 bits per heavy atom. The van der Waals surface area contributed by atoms with E-state index >= 15 is 0 Å². The predicted octanol–water partition coefficient (Wildman–Crippen LogP) is 2.30. The van der Waals surface area contributed by atoms with Gasteiger partial charge in [-0.2, -0.15) is 0 Å². The molecule has 0 saturated heterocycles. The minimum atomic E-state index is -0.221. The summed E-state index contributed by atoms with van der Waals surface area (Å²) in [5.41, 5.74) is 1.04. The summed E-state index contributed by atoms with van der Waals surface area (Å²) in [6.45, 7) is 6.36. The smallest absolute Gasteiger partial charge is 0.316 e. The number of ether oxygens (including phenoxy) is 1. The largest absolute Gasteiger partial charge is 0.465 e. The Balaban J connectivity index is 2.84. The average molecular weight is 269 g/mol. The third-order valence-electron chi connectivity index (χ3n) is 2.29. The zero-order valence-corrected chi connectivity index (χ0v) is 12.0. The van der Waals surface area contributed by atoms with Crippen molar-refractivity contribution in [2.75, 3.05) is 24.7 Å². The van der Waals surface area contributed by atoms with Gasteiger partial charge < -0.3 is 10.1 Å². The lowest BCUT2D eigenvalue weighted by Gasteiger charge is -2.14. The van der Waals surface area contributed by atoms with E-state index in [2.05, 4.69) is 29.1 Å². The number of rotatable bonds is 6. The van der Waals surface area contributed by atoms with E-state index in [4.69, 9.17) is 4.74 Å². The van der Waals surface area contributed by atoms with Crippen LogP contribution in [0.3, 0.4) is 0 Å². The molecule has 0 fully saturated rings. The molecule has 5 nitrogen and oxygen atoms in total. The van der Waals surface area contributed by atoms with E-state index in [1.54, 1.807) is 6.92 Å². The highest BCUT2D eigenvalue weighted by Crippen LogP contribution is 2.30. The van der Waals surface area contributed by atoms with E-state index in [9.17, 15) is 4.79 Å². The lowest BCUT2D eigenvalue weighted by atomic mass is 10.1. The predicted molar refractivity (Wildman–Crippen MR) is 73.0 cm³/mol. The quantitative estimate of drug-likeness (QED) is 0.485. The van der Waals surface area contributed by atoms with Crippen LogP contribution in [0.15, 0.2) is 11.4 Å². The summed E-state index contributed by atoms with van der Waals surface area (Å²) in [5.74, 6) is 1.15. The second-order valence-corrected chi connectivity index (χ2v) is 4.90. The standard InChI is InChI=1S/C12H19N3O2S/c1-5-17-9(16)6-18-12-10(8(2)3)11(13-4)14-7-15-12/h7-8H,5-6H2,1-4H3,(H,13,14,15). The van der Waals surface area contributed by atoms with Gasteiger partial charge in [0.15, 0.2) is 0 Å². The number of thioether (sulfide) groups is 1. The molecule has 0 radical (unpaired) electrons. The maximum absolute atomic E-state index is 11.3. The molecule has 0 aliphatic rings. The minimum Gasteiger partial charge on any atom is -0.465 e. The highest BCUT2D eigenvalue weighted by Gasteiger charge is 2.15. The lowest BCUT2D eigenvalue weighted by Crippen LogP contribution is -2.09. The van der Waals surface area contributed by atoms with Gasteiger partial charge in [-0.15, -0.1) is 0 Å². The Labute approximate surface area is 112 Å². The van der Waals surface area contributed by atoms with Crippen LogP contribution in [0.1, 0.15) is 32.3 Å². The Morgan fingerprint density at radius 2 is 2.22 bits per heavy atom. The number of hydrogen-bond donors (Lipinski definition) is 1. The van der Waals surface area contributed by atoms with Gasteiger partial charge in [-0.05, 0) is 12.8 Å². The van der Waals surface area contributed by atoms with Crippen molar-refractivity contribution in [3.8, 4) is 0 Å². The first-order valence-electron chi connectivity index (χ1n) is 5.91. The highest BCUT2D eigenvalue weighted by atomic mass is 32.2. The van der Waals surface area contributed by atoms with E-state index in [1.165, 1.54) is 18.1 Å². The molecule has 1 rings (SSSR count). The lowest BCUT2D eigenvalue weighted by molar-refractivity contribution is -0.139. The molecule has 1 aromatic rings. The Morgan fingerprint density at radius 1 is 1.50 bits per heavy atom. The summed E-state index contributed by atoms with van der Waals surface area (Å²) < 4.78 is 4.90. The maximum atomic E-state index is 11.3. The van der Waals surface area contributed by atoms with E-state index in [1.807, 2.05) is 7.05 Å². The van der Waals surface area contributed by atoms with Crippen molar-refractivity contribution in [3.05, 3.63) is 11.9 Å². The molecule has 18 heavy (non-hydrogen) atoms. The molecule has 1 N–H and O–H groups in total. The third kappa shape index (κ3) is 3.87. The molecular weight excluding hydrogens is 250 g/mol. The average Bonchev–Trinajstić information content (AvgIpc) is 2.35. The van der Waals surface area contributed by atoms with Crippen molar-refractivity contribution in [3.63, 3.8) is 0 Å². The summed E-state index contributed by atoms with van der Waals surface area (Å²) >= 11 is 1.39. The van der Waals surface area contributed by atoms with Crippen LogP contribution in [0, 0.1) is 0 Å². The topological polar surface area (TPSA) is 64.1 Å². The fraction of sp³-hybridized carbons (Fsp3) is 0.583. The van der Waals surface area contributed by atoms with Crippen LogP contribution in [0.5, 0.6) is 0 Å². The summed E-state index contributed by atoms with van der Waals surface area (Å²) in [6, 6.07) is 0. The number of anilines is 1. The van der Waals surface area contributed by atoms with Gasteiger partial charge >= 0.3 is 5.97 Å². The number of nitrogens with one attached hydrogen (secondary N) is 1. The number of carbonyl (C=O) groups excluding carboxylic acids is 1. The van der Waals surface area contributed by atoms with Gasteiger partial charge in [0.1, 0.15) is 17.2 Å². The molecule has 0 unspecified atom stereocenters. The molecule has 0 aromatic carbocycles. The number of esters is 1. The molecular formula is C12H19N3O2S. The monoisotopic (exact) mass is 269 g/mol. The van der Waals surface area contributed by atoms with Crippen LogP contribution in [0.2, 0.25) is 0 Å². The zero-order valence-electron chi connectivity index (χ0n) is 11.2. The third-order valence-corrected chi connectivity index (χ3v) is 3.27. The van der Waals surface area contributed by atoms with Crippen molar-refractivity contribution in [2.24, 2.45) is 0 Å². The van der Waals surface area contributed by atoms with Crippen LogP contribution < -0.4 is 5.32 Å². The van der Waals surface area contributed by atoms with Crippen LogP contribution in [0.25, 0.3) is 0 Å². The first kappa shape index (κ1) is 14.8. The molecule has 0 bridgehead atoms. The van der Waals surface area contributed by atoms with Gasteiger partial charge in [0.25, 0.3) is 0 Å². The van der Waals surface area contributed by atoms with Crippen molar-refractivity contribution >= 4 is 23.5 Å². The van der Waals surface area contributed by atoms with Crippen LogP contribution in [-0.2, 0) is 9.53 Å². The summed E-state index contributed by atoms with van der Waals surface area (Å²) in [4.78, 5) is 19.8. The van der Waals surface area contributed by atoms with E-state index in [0.717, 1.165) is 16.4 Å². The zero-order chi connectivity index (χ0) is 13.5. The highest BCUT2D eigenvalue weighted by molar-refractivity contribution is 7.99. The molecule has 0 amide bonds. The van der Waals surface area contributed by atoms with Crippen LogP contribution >= 0.6 is 11.8 Å².